The number of piperidine rings is 1. The molecule has 1 fully saturated rings. The van der Waals surface area contributed by atoms with Crippen LogP contribution in [0.4, 0.5) is 0 Å². The molecule has 0 N–H and O–H groups in total. The first-order chi connectivity index (χ1) is 11.4. The van der Waals surface area contributed by atoms with Gasteiger partial charge in [-0.05, 0) is 29.9 Å². The summed E-state index contributed by atoms with van der Waals surface area (Å²) < 4.78 is 28.0. The highest BCUT2D eigenvalue weighted by atomic mass is 32.2. The van der Waals surface area contributed by atoms with Crippen molar-refractivity contribution in [2.24, 2.45) is 0 Å². The van der Waals surface area contributed by atoms with Gasteiger partial charge in [-0.3, -0.25) is 0 Å². The molecule has 6 nitrogen and oxygen atoms in total. The Morgan fingerprint density at radius 2 is 1.88 bits per heavy atom. The maximum absolute atomic E-state index is 11.3. The molecule has 2 heterocycles. The van der Waals surface area contributed by atoms with E-state index < -0.39 is 9.84 Å². The summed E-state index contributed by atoms with van der Waals surface area (Å²) in [6.07, 6.45) is 3.08. The van der Waals surface area contributed by atoms with Crippen molar-refractivity contribution < 1.29 is 12.9 Å². The first-order valence-electron chi connectivity index (χ1n) is 8.17. The van der Waals surface area contributed by atoms with Gasteiger partial charge in [0.15, 0.2) is 15.7 Å². The number of aryl methyl sites for hydroxylation is 1. The molecule has 3 rings (SSSR count). The van der Waals surface area contributed by atoms with E-state index in [2.05, 4.69) is 46.6 Å². The van der Waals surface area contributed by atoms with Crippen molar-refractivity contribution >= 4 is 9.84 Å². The predicted octanol–water partition coefficient (Wildman–Crippen LogP) is 2.05. The second-order valence-electron chi connectivity index (χ2n) is 6.43. The van der Waals surface area contributed by atoms with Crippen LogP contribution < -0.4 is 5.32 Å². The third kappa shape index (κ3) is 4.21. The normalized spacial score (nSPS) is 21.8. The first kappa shape index (κ1) is 17.1. The molecule has 2 atom stereocenters. The van der Waals surface area contributed by atoms with E-state index >= 15 is 0 Å². The van der Waals surface area contributed by atoms with Gasteiger partial charge >= 0.3 is 0 Å². The van der Waals surface area contributed by atoms with Crippen LogP contribution in [0.5, 0.6) is 0 Å². The van der Waals surface area contributed by atoms with Crippen LogP contribution in [0.15, 0.2) is 28.8 Å². The van der Waals surface area contributed by atoms with Crippen molar-refractivity contribution in [3.05, 3.63) is 47.1 Å². The van der Waals surface area contributed by atoms with Crippen LogP contribution in [0, 0.1) is 0 Å². The highest BCUT2D eigenvalue weighted by Gasteiger charge is 2.29. The van der Waals surface area contributed by atoms with Gasteiger partial charge in [0.1, 0.15) is 5.75 Å². The third-order valence-corrected chi connectivity index (χ3v) is 5.13. The zero-order valence-electron chi connectivity index (χ0n) is 14.0. The quantitative estimate of drug-likeness (QED) is 0.825. The molecule has 2 aromatic rings. The zero-order chi connectivity index (χ0) is 17.2. The summed E-state index contributed by atoms with van der Waals surface area (Å²) in [6, 6.07) is 8.67. The molecular formula is C17H22N3O3S. The van der Waals surface area contributed by atoms with Crippen LogP contribution in [-0.2, 0) is 22.0 Å². The van der Waals surface area contributed by atoms with Crippen LogP contribution in [0.1, 0.15) is 48.0 Å². The molecule has 7 heteroatoms. The minimum Gasteiger partial charge on any atom is -0.339 e. The number of hydrogen-bond acceptors (Lipinski definition) is 5. The highest BCUT2D eigenvalue weighted by molar-refractivity contribution is 7.89. The Morgan fingerprint density at radius 1 is 1.17 bits per heavy atom. The molecular weight excluding hydrogens is 326 g/mol. The Bertz CT molecular complexity index is 784. The maximum Gasteiger partial charge on any atom is 0.231 e. The molecule has 1 saturated heterocycles. The topological polar surface area (TPSA) is 87.2 Å². The second-order valence-corrected chi connectivity index (χ2v) is 8.57. The van der Waals surface area contributed by atoms with Crippen molar-refractivity contribution in [3.63, 3.8) is 0 Å². The van der Waals surface area contributed by atoms with Gasteiger partial charge in [0, 0.05) is 19.3 Å². The molecule has 129 valence electrons. The number of aromatic nitrogens is 2. The van der Waals surface area contributed by atoms with E-state index in [0.717, 1.165) is 25.6 Å². The van der Waals surface area contributed by atoms with Crippen molar-refractivity contribution in [1.29, 1.82) is 0 Å². The summed E-state index contributed by atoms with van der Waals surface area (Å²) in [6.45, 7) is 3.58. The number of nitrogens with zero attached hydrogens (tertiary/aromatic N) is 3. The summed E-state index contributed by atoms with van der Waals surface area (Å²) in [5, 5.41) is 8.36. The van der Waals surface area contributed by atoms with E-state index in [1.54, 1.807) is 0 Å². The minimum atomic E-state index is -3.16. The average Bonchev–Trinajstić information content (AvgIpc) is 3.01. The van der Waals surface area contributed by atoms with Gasteiger partial charge in [0.25, 0.3) is 0 Å². The lowest BCUT2D eigenvalue weighted by atomic mass is 9.85. The van der Waals surface area contributed by atoms with Gasteiger partial charge in [-0.1, -0.05) is 36.3 Å². The van der Waals surface area contributed by atoms with Crippen LogP contribution in [0.25, 0.3) is 0 Å². The van der Waals surface area contributed by atoms with E-state index in [4.69, 9.17) is 4.52 Å². The molecule has 1 aliphatic rings. The number of benzene rings is 1. The molecule has 1 aromatic carbocycles. The summed E-state index contributed by atoms with van der Waals surface area (Å²) in [5.41, 5.74) is 2.60. The fourth-order valence-electron chi connectivity index (χ4n) is 3.05. The number of hydrogen-bond donors (Lipinski definition) is 0. The van der Waals surface area contributed by atoms with Gasteiger partial charge in [0.2, 0.25) is 5.89 Å². The molecule has 0 aliphatic carbocycles. The fraction of sp³-hybridized carbons (Fsp3) is 0.529. The van der Waals surface area contributed by atoms with Crippen LogP contribution in [0.3, 0.4) is 0 Å². The molecule has 1 aliphatic heterocycles. The molecule has 0 amide bonds. The lowest BCUT2D eigenvalue weighted by Crippen LogP contribution is -2.29. The molecule has 1 aromatic heterocycles. The summed E-state index contributed by atoms with van der Waals surface area (Å²) >= 11 is 0. The largest absolute Gasteiger partial charge is 0.339 e. The van der Waals surface area contributed by atoms with Gasteiger partial charge in [-0.25, -0.2) is 13.7 Å². The zero-order valence-corrected chi connectivity index (χ0v) is 14.8. The minimum absolute atomic E-state index is 0.0513. The monoisotopic (exact) mass is 348 g/mol. The third-order valence-electron chi connectivity index (χ3n) is 4.35. The van der Waals surface area contributed by atoms with E-state index in [0.29, 0.717) is 18.4 Å². The van der Waals surface area contributed by atoms with Gasteiger partial charge in [-0.2, -0.15) is 4.98 Å². The predicted molar refractivity (Wildman–Crippen MR) is 90.6 cm³/mol. The van der Waals surface area contributed by atoms with Crippen molar-refractivity contribution in [1.82, 2.24) is 15.5 Å². The first-order valence-corrected chi connectivity index (χ1v) is 10.2. The summed E-state index contributed by atoms with van der Waals surface area (Å²) in [4.78, 5) is 4.26. The summed E-state index contributed by atoms with van der Waals surface area (Å²) in [7, 11) is -3.16. The number of rotatable bonds is 5. The number of sulfone groups is 1. The van der Waals surface area contributed by atoms with Crippen LogP contribution in [-0.4, -0.2) is 37.9 Å². The average molecular weight is 348 g/mol. The van der Waals surface area contributed by atoms with E-state index in [1.807, 2.05) is 0 Å². The highest BCUT2D eigenvalue weighted by Crippen LogP contribution is 2.32. The van der Waals surface area contributed by atoms with Crippen molar-refractivity contribution in [3.8, 4) is 0 Å². The molecule has 0 spiro atoms. The maximum atomic E-state index is 11.3. The van der Waals surface area contributed by atoms with Gasteiger partial charge in [0.05, 0.1) is 5.92 Å². The van der Waals surface area contributed by atoms with Gasteiger partial charge in [-0.15, -0.1) is 0 Å². The summed E-state index contributed by atoms with van der Waals surface area (Å²) in [5.74, 6) is 0.909. The molecule has 0 saturated carbocycles. The lowest BCUT2D eigenvalue weighted by molar-refractivity contribution is 0.305. The smallest absolute Gasteiger partial charge is 0.231 e. The fourth-order valence-corrected chi connectivity index (χ4v) is 3.64. The van der Waals surface area contributed by atoms with Crippen LogP contribution >= 0.6 is 0 Å². The van der Waals surface area contributed by atoms with Crippen molar-refractivity contribution in [2.75, 3.05) is 19.3 Å². The Balaban J connectivity index is 1.71. The second kappa shape index (κ2) is 7.03. The lowest BCUT2D eigenvalue weighted by Gasteiger charge is -2.27. The Kier molecular flexibility index (Phi) is 5.01. The van der Waals surface area contributed by atoms with E-state index in [-0.39, 0.29) is 17.5 Å². The van der Waals surface area contributed by atoms with Gasteiger partial charge < -0.3 is 4.52 Å². The van der Waals surface area contributed by atoms with E-state index in [9.17, 15) is 8.42 Å². The van der Waals surface area contributed by atoms with Crippen LogP contribution in [0.2, 0.25) is 0 Å². The molecule has 0 bridgehead atoms. The Labute approximate surface area is 142 Å². The Morgan fingerprint density at radius 3 is 2.54 bits per heavy atom. The SMILES string of the molecule is CCc1ccc(C2C[N]CC(c3nc(CS(C)(=O)=O)no3)C2)cc1. The standard InChI is InChI=1S/C17H22N3O3S/c1-3-12-4-6-13(7-5-12)14-8-15(10-18-9-14)17-19-16(20-23-17)11-24(2,21)22/h4-7,14-15H,3,8-11H2,1-2H3. The molecule has 1 radical (unpaired) electrons. The van der Waals surface area contributed by atoms with Crippen molar-refractivity contribution in [2.45, 2.75) is 37.4 Å². The molecule has 2 unspecified atom stereocenters. The molecule has 24 heavy (non-hydrogen) atoms. The Hall–Kier alpha value is -1.73. The van der Waals surface area contributed by atoms with E-state index in [1.165, 1.54) is 11.1 Å².